The molecule has 1 saturated heterocycles. The highest BCUT2D eigenvalue weighted by Gasteiger charge is 2.26. The van der Waals surface area contributed by atoms with Crippen molar-refractivity contribution in [3.63, 3.8) is 0 Å². The molecular formula is C18H19BrClN3O2. The minimum absolute atomic E-state index is 0.0247. The van der Waals surface area contributed by atoms with Crippen LogP contribution < -0.4 is 9.64 Å². The molecule has 0 bridgehead atoms. The van der Waals surface area contributed by atoms with Crippen LogP contribution in [0.15, 0.2) is 47.1 Å². The fourth-order valence-electron chi connectivity index (χ4n) is 2.75. The molecule has 1 aliphatic heterocycles. The number of ether oxygens (including phenoxy) is 1. The molecule has 3 rings (SSSR count). The summed E-state index contributed by atoms with van der Waals surface area (Å²) < 4.78 is 6.68. The van der Waals surface area contributed by atoms with Crippen molar-refractivity contribution in [3.8, 4) is 5.75 Å². The molecule has 132 valence electrons. The molecule has 2 aromatic rings. The lowest BCUT2D eigenvalue weighted by molar-refractivity contribution is -0.138. The molecule has 2 heterocycles. The van der Waals surface area contributed by atoms with E-state index in [1.807, 2.05) is 29.2 Å². The summed E-state index contributed by atoms with van der Waals surface area (Å²) in [5.74, 6) is 1.43. The summed E-state index contributed by atoms with van der Waals surface area (Å²) in [6, 6.07) is 11.1. The summed E-state index contributed by atoms with van der Waals surface area (Å²) in [4.78, 5) is 21.0. The minimum atomic E-state index is -0.572. The van der Waals surface area contributed by atoms with Crippen molar-refractivity contribution in [2.24, 2.45) is 0 Å². The molecule has 0 radical (unpaired) electrons. The zero-order valence-electron chi connectivity index (χ0n) is 13.9. The SMILES string of the molecule is CC(Oc1ccccc1Cl)C(=O)N1CCN(c2ccc(Br)cn2)CC1. The van der Waals surface area contributed by atoms with Crippen LogP contribution in [0.5, 0.6) is 5.75 Å². The van der Waals surface area contributed by atoms with Crippen LogP contribution >= 0.6 is 27.5 Å². The Kier molecular flexibility index (Phi) is 5.81. The van der Waals surface area contributed by atoms with Gasteiger partial charge in [0.15, 0.2) is 6.10 Å². The lowest BCUT2D eigenvalue weighted by atomic mass is 10.2. The zero-order valence-corrected chi connectivity index (χ0v) is 16.2. The van der Waals surface area contributed by atoms with Gasteiger partial charge in [0.25, 0.3) is 5.91 Å². The summed E-state index contributed by atoms with van der Waals surface area (Å²) in [6.45, 7) is 4.55. The van der Waals surface area contributed by atoms with E-state index < -0.39 is 6.10 Å². The third kappa shape index (κ3) is 4.44. The van der Waals surface area contributed by atoms with Crippen LogP contribution in [0.1, 0.15) is 6.92 Å². The number of nitrogens with zero attached hydrogens (tertiary/aromatic N) is 3. The van der Waals surface area contributed by atoms with Crippen LogP contribution in [0, 0.1) is 0 Å². The molecule has 1 aromatic heterocycles. The van der Waals surface area contributed by atoms with Gasteiger partial charge in [0, 0.05) is 36.8 Å². The molecule has 1 aliphatic rings. The second-order valence-electron chi connectivity index (χ2n) is 5.84. The van der Waals surface area contributed by atoms with Gasteiger partial charge in [0.2, 0.25) is 0 Å². The predicted octanol–water partition coefficient (Wildman–Crippen LogP) is 3.61. The molecular weight excluding hydrogens is 406 g/mol. The first-order valence-corrected chi connectivity index (χ1v) is 9.28. The highest BCUT2D eigenvalue weighted by atomic mass is 79.9. The quantitative estimate of drug-likeness (QED) is 0.752. The predicted molar refractivity (Wildman–Crippen MR) is 102 cm³/mol. The average Bonchev–Trinajstić information content (AvgIpc) is 2.64. The number of amides is 1. The van der Waals surface area contributed by atoms with Gasteiger partial charge in [-0.3, -0.25) is 4.79 Å². The Hall–Kier alpha value is -1.79. The van der Waals surface area contributed by atoms with E-state index in [1.54, 1.807) is 25.3 Å². The van der Waals surface area contributed by atoms with Gasteiger partial charge in [0.05, 0.1) is 5.02 Å². The van der Waals surface area contributed by atoms with Crippen LogP contribution in [-0.2, 0) is 4.79 Å². The number of anilines is 1. The number of piperazine rings is 1. The maximum absolute atomic E-state index is 12.6. The van der Waals surface area contributed by atoms with Gasteiger partial charge in [-0.1, -0.05) is 23.7 Å². The fraction of sp³-hybridized carbons (Fsp3) is 0.333. The number of rotatable bonds is 4. The monoisotopic (exact) mass is 423 g/mol. The number of halogens is 2. The van der Waals surface area contributed by atoms with Gasteiger partial charge in [0.1, 0.15) is 11.6 Å². The minimum Gasteiger partial charge on any atom is -0.479 e. The van der Waals surface area contributed by atoms with E-state index in [0.717, 1.165) is 23.4 Å². The van der Waals surface area contributed by atoms with E-state index in [1.165, 1.54) is 0 Å². The van der Waals surface area contributed by atoms with Crippen LogP contribution in [-0.4, -0.2) is 48.1 Å². The Labute approximate surface area is 160 Å². The summed E-state index contributed by atoms with van der Waals surface area (Å²) in [5.41, 5.74) is 0. The topological polar surface area (TPSA) is 45.7 Å². The van der Waals surface area contributed by atoms with Gasteiger partial charge in [-0.05, 0) is 47.1 Å². The first-order valence-electron chi connectivity index (χ1n) is 8.11. The largest absolute Gasteiger partial charge is 0.479 e. The van der Waals surface area contributed by atoms with Crippen LogP contribution in [0.2, 0.25) is 5.02 Å². The number of hydrogen-bond donors (Lipinski definition) is 0. The molecule has 1 fully saturated rings. The van der Waals surface area contributed by atoms with E-state index in [2.05, 4.69) is 25.8 Å². The summed E-state index contributed by atoms with van der Waals surface area (Å²) >= 11 is 9.48. The van der Waals surface area contributed by atoms with E-state index >= 15 is 0 Å². The highest BCUT2D eigenvalue weighted by molar-refractivity contribution is 9.10. The molecule has 7 heteroatoms. The van der Waals surface area contributed by atoms with Crippen molar-refractivity contribution in [1.82, 2.24) is 9.88 Å². The molecule has 0 saturated carbocycles. The highest BCUT2D eigenvalue weighted by Crippen LogP contribution is 2.25. The molecule has 5 nitrogen and oxygen atoms in total. The number of pyridine rings is 1. The van der Waals surface area contributed by atoms with Crippen molar-refractivity contribution < 1.29 is 9.53 Å². The lowest BCUT2D eigenvalue weighted by Gasteiger charge is -2.36. The Morgan fingerprint density at radius 1 is 1.20 bits per heavy atom. The van der Waals surface area contributed by atoms with Crippen molar-refractivity contribution in [2.75, 3.05) is 31.1 Å². The molecule has 1 unspecified atom stereocenters. The van der Waals surface area contributed by atoms with Gasteiger partial charge in [-0.25, -0.2) is 4.98 Å². The van der Waals surface area contributed by atoms with Gasteiger partial charge in [-0.15, -0.1) is 0 Å². The van der Waals surface area contributed by atoms with E-state index in [-0.39, 0.29) is 5.91 Å². The van der Waals surface area contributed by atoms with Crippen molar-refractivity contribution in [2.45, 2.75) is 13.0 Å². The number of carbonyl (C=O) groups is 1. The molecule has 0 aliphatic carbocycles. The van der Waals surface area contributed by atoms with E-state index in [4.69, 9.17) is 16.3 Å². The van der Waals surface area contributed by atoms with Gasteiger partial charge < -0.3 is 14.5 Å². The molecule has 0 spiro atoms. The van der Waals surface area contributed by atoms with Crippen LogP contribution in [0.25, 0.3) is 0 Å². The Balaban J connectivity index is 1.56. The summed E-state index contributed by atoms with van der Waals surface area (Å²) in [5, 5.41) is 0.508. The van der Waals surface area contributed by atoms with Gasteiger partial charge >= 0.3 is 0 Å². The number of carbonyl (C=O) groups excluding carboxylic acids is 1. The number of hydrogen-bond acceptors (Lipinski definition) is 4. The number of benzene rings is 1. The molecule has 25 heavy (non-hydrogen) atoms. The molecule has 0 N–H and O–H groups in total. The van der Waals surface area contributed by atoms with Crippen molar-refractivity contribution in [1.29, 1.82) is 0 Å². The Morgan fingerprint density at radius 2 is 1.92 bits per heavy atom. The third-order valence-electron chi connectivity index (χ3n) is 4.12. The van der Waals surface area contributed by atoms with Crippen molar-refractivity contribution >= 4 is 39.3 Å². The Morgan fingerprint density at radius 3 is 2.56 bits per heavy atom. The maximum Gasteiger partial charge on any atom is 0.263 e. The number of para-hydroxylation sites is 1. The third-order valence-corrected chi connectivity index (χ3v) is 4.90. The lowest BCUT2D eigenvalue weighted by Crippen LogP contribution is -2.52. The summed E-state index contributed by atoms with van der Waals surface area (Å²) in [6.07, 6.45) is 1.21. The van der Waals surface area contributed by atoms with Crippen molar-refractivity contribution in [3.05, 3.63) is 52.1 Å². The van der Waals surface area contributed by atoms with E-state index in [9.17, 15) is 4.79 Å². The molecule has 1 atom stereocenters. The molecule has 1 aromatic carbocycles. The number of aromatic nitrogens is 1. The zero-order chi connectivity index (χ0) is 17.8. The Bertz CT molecular complexity index is 733. The normalized spacial score (nSPS) is 15.8. The smallest absolute Gasteiger partial charge is 0.263 e. The van der Waals surface area contributed by atoms with Crippen LogP contribution in [0.4, 0.5) is 5.82 Å². The van der Waals surface area contributed by atoms with E-state index in [0.29, 0.717) is 23.9 Å². The maximum atomic E-state index is 12.6. The second-order valence-corrected chi connectivity index (χ2v) is 7.16. The molecule has 1 amide bonds. The average molecular weight is 425 g/mol. The first kappa shape index (κ1) is 18.0. The fourth-order valence-corrected chi connectivity index (χ4v) is 3.16. The van der Waals surface area contributed by atoms with Gasteiger partial charge in [-0.2, -0.15) is 0 Å². The summed E-state index contributed by atoms with van der Waals surface area (Å²) in [7, 11) is 0. The standard InChI is InChI=1S/C18H19BrClN3O2/c1-13(25-16-5-3-2-4-15(16)20)18(24)23-10-8-22(9-11-23)17-7-6-14(19)12-21-17/h2-7,12-13H,8-11H2,1H3. The second kappa shape index (κ2) is 8.06. The first-order chi connectivity index (χ1) is 12.0. The van der Waals surface area contributed by atoms with Crippen LogP contribution in [0.3, 0.4) is 0 Å².